The molecule has 0 spiro atoms. The maximum Gasteiger partial charge on any atom is 0.389 e. The molecule has 0 fully saturated rings. The van der Waals surface area contributed by atoms with Crippen LogP contribution in [0.25, 0.3) is 0 Å². The van der Waals surface area contributed by atoms with Gasteiger partial charge < -0.3 is 10.4 Å². The van der Waals surface area contributed by atoms with Gasteiger partial charge in [-0.1, -0.05) is 0 Å². The maximum absolute atomic E-state index is 11.9. The molecule has 19 heavy (non-hydrogen) atoms. The fraction of sp³-hybridized carbons (Fsp3) is 0.462. The number of alkyl halides is 3. The van der Waals surface area contributed by atoms with Gasteiger partial charge in [-0.15, -0.1) is 0 Å². The average Bonchev–Trinajstić information content (AvgIpc) is 2.28. The number of unbranched alkanes of at least 4 members (excludes halogenated alkanes) is 1. The molecule has 0 saturated carbocycles. The summed E-state index contributed by atoms with van der Waals surface area (Å²) in [5.41, 5.74) is 1.70. The summed E-state index contributed by atoms with van der Waals surface area (Å²) in [6.45, 7) is 2.19. The van der Waals surface area contributed by atoms with Gasteiger partial charge in [0.15, 0.2) is 0 Å². The van der Waals surface area contributed by atoms with Gasteiger partial charge >= 0.3 is 12.1 Å². The molecule has 3 nitrogen and oxygen atoms in total. The smallest absolute Gasteiger partial charge is 0.389 e. The van der Waals surface area contributed by atoms with Crippen LogP contribution in [0.4, 0.5) is 18.9 Å². The van der Waals surface area contributed by atoms with Crippen LogP contribution in [-0.4, -0.2) is 23.8 Å². The van der Waals surface area contributed by atoms with Gasteiger partial charge in [-0.25, -0.2) is 4.79 Å². The number of aromatic carboxylic acids is 1. The minimum Gasteiger partial charge on any atom is -0.478 e. The molecule has 0 unspecified atom stereocenters. The molecule has 0 amide bonds. The third-order valence-corrected chi connectivity index (χ3v) is 2.68. The Bertz CT molecular complexity index is 444. The van der Waals surface area contributed by atoms with E-state index in [2.05, 4.69) is 5.32 Å². The Labute approximate surface area is 109 Å². The molecule has 0 atom stereocenters. The molecule has 6 heteroatoms. The lowest BCUT2D eigenvalue weighted by atomic mass is 10.1. The first-order valence-electron chi connectivity index (χ1n) is 5.94. The molecule has 0 heterocycles. The van der Waals surface area contributed by atoms with Gasteiger partial charge in [0, 0.05) is 18.7 Å². The van der Waals surface area contributed by atoms with E-state index in [1.54, 1.807) is 13.0 Å². The van der Waals surface area contributed by atoms with Crippen LogP contribution in [-0.2, 0) is 0 Å². The fourth-order valence-corrected chi connectivity index (χ4v) is 1.67. The van der Waals surface area contributed by atoms with E-state index in [0.717, 1.165) is 11.3 Å². The Balaban J connectivity index is 2.40. The maximum atomic E-state index is 11.9. The summed E-state index contributed by atoms with van der Waals surface area (Å²) in [5.74, 6) is -1.00. The van der Waals surface area contributed by atoms with Gasteiger partial charge in [0.25, 0.3) is 0 Å². The molecule has 106 valence electrons. The molecular weight excluding hydrogens is 259 g/mol. The highest BCUT2D eigenvalue weighted by atomic mass is 19.4. The van der Waals surface area contributed by atoms with Crippen molar-refractivity contribution in [3.8, 4) is 0 Å². The lowest BCUT2D eigenvalue weighted by molar-refractivity contribution is -0.135. The van der Waals surface area contributed by atoms with Crippen molar-refractivity contribution in [1.29, 1.82) is 0 Å². The first kappa shape index (κ1) is 15.3. The van der Waals surface area contributed by atoms with Crippen molar-refractivity contribution < 1.29 is 23.1 Å². The van der Waals surface area contributed by atoms with Crippen LogP contribution in [0.5, 0.6) is 0 Å². The van der Waals surface area contributed by atoms with Crippen molar-refractivity contribution in [2.75, 3.05) is 11.9 Å². The summed E-state index contributed by atoms with van der Waals surface area (Å²) >= 11 is 0. The Morgan fingerprint density at radius 2 is 2.00 bits per heavy atom. The van der Waals surface area contributed by atoms with Gasteiger partial charge in [-0.3, -0.25) is 0 Å². The molecular formula is C13H16F3NO2. The molecule has 0 aromatic heterocycles. The number of aryl methyl sites for hydroxylation is 1. The summed E-state index contributed by atoms with van der Waals surface area (Å²) in [5, 5.41) is 11.8. The number of benzene rings is 1. The number of carbonyl (C=O) groups is 1. The summed E-state index contributed by atoms with van der Waals surface area (Å²) in [6, 6.07) is 4.62. The summed E-state index contributed by atoms with van der Waals surface area (Å²) in [6.07, 6.45) is -4.37. The van der Waals surface area contributed by atoms with Crippen LogP contribution in [0.15, 0.2) is 18.2 Å². The predicted octanol–water partition coefficient (Wildman–Crippen LogP) is 3.84. The highest BCUT2D eigenvalue weighted by Gasteiger charge is 2.25. The van der Waals surface area contributed by atoms with E-state index in [4.69, 9.17) is 5.11 Å². The van der Waals surface area contributed by atoms with Crippen LogP contribution in [0.2, 0.25) is 0 Å². The van der Waals surface area contributed by atoms with Gasteiger partial charge in [-0.05, 0) is 43.5 Å². The summed E-state index contributed by atoms with van der Waals surface area (Å²) in [7, 11) is 0. The van der Waals surface area contributed by atoms with E-state index in [1.807, 2.05) is 0 Å². The van der Waals surface area contributed by atoms with Crippen molar-refractivity contribution in [3.63, 3.8) is 0 Å². The Hall–Kier alpha value is -1.72. The minimum absolute atomic E-state index is 0.0861. The van der Waals surface area contributed by atoms with Crippen molar-refractivity contribution >= 4 is 11.7 Å². The number of carboxylic acids is 1. The molecule has 1 rings (SSSR count). The van der Waals surface area contributed by atoms with Crippen LogP contribution in [0.3, 0.4) is 0 Å². The normalized spacial score (nSPS) is 11.4. The van der Waals surface area contributed by atoms with Gasteiger partial charge in [0.05, 0.1) is 5.56 Å². The highest BCUT2D eigenvalue weighted by molar-refractivity contribution is 5.88. The van der Waals surface area contributed by atoms with Gasteiger partial charge in [0.2, 0.25) is 0 Å². The van der Waals surface area contributed by atoms with Crippen molar-refractivity contribution in [1.82, 2.24) is 0 Å². The van der Waals surface area contributed by atoms with E-state index in [-0.39, 0.29) is 12.0 Å². The second-order valence-electron chi connectivity index (χ2n) is 4.33. The van der Waals surface area contributed by atoms with E-state index in [1.165, 1.54) is 12.1 Å². The SMILES string of the molecule is Cc1cc(C(=O)O)ccc1NCCCCC(F)(F)F. The van der Waals surface area contributed by atoms with Crippen LogP contribution in [0.1, 0.15) is 35.2 Å². The van der Waals surface area contributed by atoms with Crippen LogP contribution < -0.4 is 5.32 Å². The largest absolute Gasteiger partial charge is 0.478 e. The molecule has 0 aliphatic rings. The second-order valence-corrected chi connectivity index (χ2v) is 4.33. The molecule has 0 saturated heterocycles. The van der Waals surface area contributed by atoms with E-state index in [0.29, 0.717) is 13.0 Å². The van der Waals surface area contributed by atoms with Gasteiger partial charge in [-0.2, -0.15) is 13.2 Å². The zero-order valence-electron chi connectivity index (χ0n) is 10.5. The average molecular weight is 275 g/mol. The van der Waals surface area contributed by atoms with E-state index >= 15 is 0 Å². The second kappa shape index (κ2) is 6.45. The van der Waals surface area contributed by atoms with Crippen LogP contribution in [0, 0.1) is 6.92 Å². The van der Waals surface area contributed by atoms with E-state index in [9.17, 15) is 18.0 Å². The molecule has 1 aromatic rings. The number of hydrogen-bond acceptors (Lipinski definition) is 2. The number of rotatable bonds is 6. The van der Waals surface area contributed by atoms with Crippen molar-refractivity contribution in [3.05, 3.63) is 29.3 Å². The lowest BCUT2D eigenvalue weighted by Gasteiger charge is -2.10. The first-order valence-corrected chi connectivity index (χ1v) is 5.94. The topological polar surface area (TPSA) is 49.3 Å². The molecule has 2 N–H and O–H groups in total. The van der Waals surface area contributed by atoms with Crippen LogP contribution >= 0.6 is 0 Å². The lowest BCUT2D eigenvalue weighted by Crippen LogP contribution is -2.09. The monoisotopic (exact) mass is 275 g/mol. The standard InChI is InChI=1S/C13H16F3NO2/c1-9-8-10(12(18)19)4-5-11(9)17-7-3-2-6-13(14,15)16/h4-5,8,17H,2-3,6-7H2,1H3,(H,18,19). The quantitative estimate of drug-likeness (QED) is 0.775. The van der Waals surface area contributed by atoms with E-state index < -0.39 is 18.6 Å². The number of carboxylic acid groups (broad SMARTS) is 1. The summed E-state index contributed by atoms with van der Waals surface area (Å²) in [4.78, 5) is 10.7. The zero-order valence-corrected chi connectivity index (χ0v) is 10.5. The third kappa shape index (κ3) is 5.63. The minimum atomic E-state index is -4.10. The predicted molar refractivity (Wildman–Crippen MR) is 66.5 cm³/mol. The van der Waals surface area contributed by atoms with Gasteiger partial charge in [0.1, 0.15) is 0 Å². The molecule has 0 aliphatic heterocycles. The summed E-state index contributed by atoms with van der Waals surface area (Å²) < 4.78 is 35.7. The molecule has 0 radical (unpaired) electrons. The number of halogens is 3. The molecule has 1 aromatic carbocycles. The number of anilines is 1. The zero-order chi connectivity index (χ0) is 14.5. The highest BCUT2D eigenvalue weighted by Crippen LogP contribution is 2.22. The first-order chi connectivity index (χ1) is 8.79. The Morgan fingerprint density at radius 1 is 1.32 bits per heavy atom. The van der Waals surface area contributed by atoms with Crippen molar-refractivity contribution in [2.24, 2.45) is 0 Å². The third-order valence-electron chi connectivity index (χ3n) is 2.68. The Morgan fingerprint density at radius 3 is 2.53 bits per heavy atom. The molecule has 0 bridgehead atoms. The number of nitrogens with one attached hydrogen (secondary N) is 1. The molecule has 0 aliphatic carbocycles. The number of hydrogen-bond donors (Lipinski definition) is 2. The fourth-order valence-electron chi connectivity index (χ4n) is 1.67. The van der Waals surface area contributed by atoms with Crippen molar-refractivity contribution in [2.45, 2.75) is 32.4 Å². The Kier molecular flexibility index (Phi) is 5.20.